The number of anilines is 2. The van der Waals surface area contributed by atoms with Crippen molar-refractivity contribution in [1.29, 1.82) is 0 Å². The highest BCUT2D eigenvalue weighted by molar-refractivity contribution is 6.31. The molecule has 6 heteroatoms. The highest BCUT2D eigenvalue weighted by Crippen LogP contribution is 2.45. The van der Waals surface area contributed by atoms with E-state index in [1.54, 1.807) is 0 Å². The zero-order valence-electron chi connectivity index (χ0n) is 17.2. The van der Waals surface area contributed by atoms with Crippen LogP contribution in [0.1, 0.15) is 24.0 Å². The lowest BCUT2D eigenvalue weighted by Crippen LogP contribution is -2.47. The third kappa shape index (κ3) is 3.17. The van der Waals surface area contributed by atoms with Gasteiger partial charge in [0.25, 0.3) is 0 Å². The van der Waals surface area contributed by atoms with Gasteiger partial charge >= 0.3 is 0 Å². The first-order valence-corrected chi connectivity index (χ1v) is 10.9. The van der Waals surface area contributed by atoms with Gasteiger partial charge in [-0.15, -0.1) is 0 Å². The van der Waals surface area contributed by atoms with Crippen molar-refractivity contribution in [3.05, 3.63) is 64.8 Å². The van der Waals surface area contributed by atoms with Crippen LogP contribution < -0.4 is 15.0 Å². The van der Waals surface area contributed by atoms with E-state index in [-0.39, 0.29) is 5.91 Å². The molecule has 1 N–H and O–H groups in total. The van der Waals surface area contributed by atoms with Gasteiger partial charge in [-0.2, -0.15) is 0 Å². The third-order valence-electron chi connectivity index (χ3n) is 6.85. The zero-order chi connectivity index (χ0) is 20.9. The molecule has 2 aromatic carbocycles. The number of amides is 1. The van der Waals surface area contributed by atoms with E-state index in [0.29, 0.717) is 11.6 Å². The average molecular weight is 424 g/mol. The smallest absolute Gasteiger partial charge is 0.235 e. The van der Waals surface area contributed by atoms with Gasteiger partial charge in [-0.3, -0.25) is 9.69 Å². The highest BCUT2D eigenvalue weighted by atomic mass is 35.5. The molecule has 0 atom stereocenters. The Morgan fingerprint density at radius 2 is 2.00 bits per heavy atom. The van der Waals surface area contributed by atoms with Crippen molar-refractivity contribution in [2.45, 2.75) is 24.7 Å². The number of fused-ring (bicyclic) bond motifs is 3. The van der Waals surface area contributed by atoms with Crippen molar-refractivity contribution in [3.63, 3.8) is 0 Å². The predicted molar refractivity (Wildman–Crippen MR) is 121 cm³/mol. The number of allylic oxidation sites excluding steroid dienone is 1. The summed E-state index contributed by atoms with van der Waals surface area (Å²) in [6, 6.07) is 12.0. The molecule has 156 valence electrons. The van der Waals surface area contributed by atoms with Crippen LogP contribution in [0.3, 0.4) is 0 Å². The van der Waals surface area contributed by atoms with E-state index in [2.05, 4.69) is 40.9 Å². The fraction of sp³-hybridized carbons (Fsp3) is 0.375. The van der Waals surface area contributed by atoms with E-state index in [1.807, 2.05) is 24.3 Å². The molecule has 3 heterocycles. The Labute approximate surface area is 182 Å². The molecule has 1 fully saturated rings. The summed E-state index contributed by atoms with van der Waals surface area (Å²) >= 11 is 6.21. The molecule has 5 rings (SSSR count). The Morgan fingerprint density at radius 3 is 2.80 bits per heavy atom. The van der Waals surface area contributed by atoms with E-state index < -0.39 is 5.41 Å². The molecule has 1 amide bonds. The molecular formula is C24H26ClN3O2. The largest absolute Gasteiger partial charge is 0.492 e. The number of carbonyl (C=O) groups is 1. The van der Waals surface area contributed by atoms with Gasteiger partial charge in [0.15, 0.2) is 0 Å². The Morgan fingerprint density at radius 1 is 1.20 bits per heavy atom. The number of halogens is 1. The summed E-state index contributed by atoms with van der Waals surface area (Å²) in [6.45, 7) is 7.33. The normalized spacial score (nSPS) is 19.7. The van der Waals surface area contributed by atoms with E-state index in [4.69, 9.17) is 16.3 Å². The molecule has 0 radical (unpaired) electrons. The molecule has 1 spiro atoms. The van der Waals surface area contributed by atoms with Crippen LogP contribution in [0.25, 0.3) is 0 Å². The fourth-order valence-electron chi connectivity index (χ4n) is 4.96. The molecule has 30 heavy (non-hydrogen) atoms. The van der Waals surface area contributed by atoms with Crippen LogP contribution in [0.2, 0.25) is 5.02 Å². The van der Waals surface area contributed by atoms with Gasteiger partial charge in [0, 0.05) is 42.1 Å². The lowest BCUT2D eigenvalue weighted by molar-refractivity contribution is -0.122. The number of nitrogens with one attached hydrogen (secondary N) is 1. The van der Waals surface area contributed by atoms with Crippen LogP contribution in [0.4, 0.5) is 11.4 Å². The Kier molecular flexibility index (Phi) is 4.75. The van der Waals surface area contributed by atoms with Crippen LogP contribution in [0.5, 0.6) is 5.75 Å². The maximum Gasteiger partial charge on any atom is 0.235 e. The van der Waals surface area contributed by atoms with Crippen molar-refractivity contribution >= 4 is 28.9 Å². The Hall–Kier alpha value is -2.50. The highest BCUT2D eigenvalue weighted by Gasteiger charge is 2.48. The van der Waals surface area contributed by atoms with E-state index >= 15 is 0 Å². The second-order valence-electron chi connectivity index (χ2n) is 8.51. The van der Waals surface area contributed by atoms with Gasteiger partial charge in [-0.25, -0.2) is 0 Å². The monoisotopic (exact) mass is 423 g/mol. The van der Waals surface area contributed by atoms with Crippen molar-refractivity contribution in [3.8, 4) is 5.75 Å². The number of nitrogens with zero attached hydrogens (tertiary/aromatic N) is 2. The number of benzene rings is 2. The van der Waals surface area contributed by atoms with Crippen LogP contribution in [-0.4, -0.2) is 44.1 Å². The van der Waals surface area contributed by atoms with Crippen LogP contribution in [0.15, 0.2) is 48.7 Å². The van der Waals surface area contributed by atoms with Crippen LogP contribution >= 0.6 is 11.6 Å². The van der Waals surface area contributed by atoms with Gasteiger partial charge in [0.2, 0.25) is 5.91 Å². The van der Waals surface area contributed by atoms with Gasteiger partial charge in [-0.1, -0.05) is 18.2 Å². The number of hydrogen-bond donors (Lipinski definition) is 1. The Balaban J connectivity index is 1.17. The van der Waals surface area contributed by atoms with Gasteiger partial charge < -0.3 is 15.0 Å². The quantitative estimate of drug-likeness (QED) is 0.800. The SMILES string of the molecule is C=C1Cc2cc(OCCN3CCC4(CC3)C(=O)Nc3ccc(Cl)cc34)ccc2N1C. The second kappa shape index (κ2) is 7.33. The minimum Gasteiger partial charge on any atom is -0.492 e. The summed E-state index contributed by atoms with van der Waals surface area (Å²) < 4.78 is 6.03. The predicted octanol–water partition coefficient (Wildman–Crippen LogP) is 4.21. The second-order valence-corrected chi connectivity index (χ2v) is 8.95. The summed E-state index contributed by atoms with van der Waals surface area (Å²) in [6.07, 6.45) is 2.49. The molecule has 0 aliphatic carbocycles. The average Bonchev–Trinajstić information content (AvgIpc) is 3.17. The molecule has 5 nitrogen and oxygen atoms in total. The van der Waals surface area contributed by atoms with Crippen LogP contribution in [-0.2, 0) is 16.6 Å². The summed E-state index contributed by atoms with van der Waals surface area (Å²) in [7, 11) is 2.05. The van der Waals surface area contributed by atoms with Gasteiger partial charge in [0.05, 0.1) is 5.41 Å². The number of piperidine rings is 1. The van der Waals surface area contributed by atoms with E-state index in [1.165, 1.54) is 11.3 Å². The maximum atomic E-state index is 12.8. The number of ether oxygens (including phenoxy) is 1. The van der Waals surface area contributed by atoms with Gasteiger partial charge in [0.1, 0.15) is 12.4 Å². The number of rotatable bonds is 4. The molecule has 3 aliphatic heterocycles. The number of likely N-dealkylation sites (tertiary alicyclic amines) is 1. The molecule has 0 unspecified atom stereocenters. The van der Waals surface area contributed by atoms with Crippen molar-refractivity contribution in [2.24, 2.45) is 0 Å². The maximum absolute atomic E-state index is 12.8. The first kappa shape index (κ1) is 19.5. The van der Waals surface area contributed by atoms with Crippen molar-refractivity contribution < 1.29 is 9.53 Å². The topological polar surface area (TPSA) is 44.8 Å². The van der Waals surface area contributed by atoms with Crippen molar-refractivity contribution in [1.82, 2.24) is 4.90 Å². The molecule has 2 aromatic rings. The van der Waals surface area contributed by atoms with Crippen LogP contribution in [0, 0.1) is 0 Å². The Bertz CT molecular complexity index is 1030. The number of carbonyl (C=O) groups excluding carboxylic acids is 1. The molecular weight excluding hydrogens is 398 g/mol. The van der Waals surface area contributed by atoms with E-state index in [0.717, 1.165) is 61.6 Å². The van der Waals surface area contributed by atoms with E-state index in [9.17, 15) is 4.79 Å². The number of likely N-dealkylation sites (N-methyl/N-ethyl adjacent to an activating group) is 1. The fourth-order valence-corrected chi connectivity index (χ4v) is 5.13. The standard InChI is InChI=1S/C24H26ClN3O2/c1-16-13-17-14-19(4-6-22(17)27(16)2)30-12-11-28-9-7-24(8-10-28)20-15-18(25)3-5-21(20)26-23(24)29/h3-6,14-15H,1,7-13H2,2H3,(H,26,29). The summed E-state index contributed by atoms with van der Waals surface area (Å²) in [4.78, 5) is 17.3. The summed E-state index contributed by atoms with van der Waals surface area (Å²) in [5.74, 6) is 1.02. The first-order valence-electron chi connectivity index (χ1n) is 10.5. The summed E-state index contributed by atoms with van der Waals surface area (Å²) in [5, 5.41) is 3.73. The lowest BCUT2D eigenvalue weighted by atomic mass is 9.73. The third-order valence-corrected chi connectivity index (χ3v) is 7.08. The minimum atomic E-state index is -0.438. The molecule has 0 saturated carbocycles. The van der Waals surface area contributed by atoms with Gasteiger partial charge in [-0.05, 0) is 73.5 Å². The molecule has 1 saturated heterocycles. The van der Waals surface area contributed by atoms with Crippen molar-refractivity contribution in [2.75, 3.05) is 43.5 Å². The minimum absolute atomic E-state index is 0.111. The number of hydrogen-bond acceptors (Lipinski definition) is 4. The molecule has 0 aromatic heterocycles. The zero-order valence-corrected chi connectivity index (χ0v) is 18.0. The molecule has 3 aliphatic rings. The summed E-state index contributed by atoms with van der Waals surface area (Å²) in [5.41, 5.74) is 5.12. The molecule has 0 bridgehead atoms. The lowest BCUT2D eigenvalue weighted by Gasteiger charge is -2.38. The first-order chi connectivity index (χ1) is 14.5.